The van der Waals surface area contributed by atoms with Crippen molar-refractivity contribution in [3.63, 3.8) is 0 Å². The van der Waals surface area contributed by atoms with Gasteiger partial charge >= 0.3 is 19.8 Å². The van der Waals surface area contributed by atoms with Gasteiger partial charge < -0.3 is 18.9 Å². The minimum Gasteiger partial charge on any atom is -0.462 e. The number of phosphoric acid groups is 1. The molecule has 0 aliphatic carbocycles. The number of esters is 2. The van der Waals surface area contributed by atoms with Gasteiger partial charge in [0.05, 0.1) is 27.7 Å². The Morgan fingerprint density at radius 3 is 1.38 bits per heavy atom. The predicted molar refractivity (Wildman–Crippen MR) is 243 cm³/mol. The third-order valence-corrected chi connectivity index (χ3v) is 11.5. The molecule has 0 fully saturated rings. The van der Waals surface area contributed by atoms with Gasteiger partial charge in [0.2, 0.25) is 0 Å². The summed E-state index contributed by atoms with van der Waals surface area (Å²) in [5, 5.41) is 0. The summed E-state index contributed by atoms with van der Waals surface area (Å²) in [5.41, 5.74) is 0. The number of likely N-dealkylation sites (N-methyl/N-ethyl adjacent to an activating group) is 1. The minimum absolute atomic E-state index is 0.0320. The van der Waals surface area contributed by atoms with Crippen LogP contribution in [0, 0.1) is 0 Å². The maximum atomic E-state index is 12.7. The lowest BCUT2D eigenvalue weighted by Gasteiger charge is -2.24. The molecule has 0 rings (SSSR count). The van der Waals surface area contributed by atoms with Crippen molar-refractivity contribution in [1.82, 2.24) is 0 Å². The van der Waals surface area contributed by atoms with Crippen LogP contribution in [0.3, 0.4) is 0 Å². The first-order chi connectivity index (χ1) is 28.0. The molecule has 0 amide bonds. The Balaban J connectivity index is 4.30. The van der Waals surface area contributed by atoms with E-state index in [0.717, 1.165) is 51.4 Å². The number of carbonyl (C=O) groups is 2. The highest BCUT2D eigenvalue weighted by molar-refractivity contribution is 7.47. The van der Waals surface area contributed by atoms with Gasteiger partial charge in [-0.05, 0) is 44.9 Å². The van der Waals surface area contributed by atoms with Crippen LogP contribution in [0.2, 0.25) is 0 Å². The molecule has 0 aromatic heterocycles. The zero-order valence-corrected chi connectivity index (χ0v) is 39.4. The summed E-state index contributed by atoms with van der Waals surface area (Å²) in [4.78, 5) is 35.5. The fraction of sp³-hybridized carbons (Fsp3) is 0.875. The Labute approximate surface area is 358 Å². The number of hydrogen-bond acceptors (Lipinski definition) is 7. The average molecular weight is 843 g/mol. The molecular weight excluding hydrogens is 750 g/mol. The second-order valence-corrected chi connectivity index (χ2v) is 19.0. The maximum Gasteiger partial charge on any atom is 0.472 e. The first kappa shape index (κ1) is 56.5. The molecule has 0 aromatic carbocycles. The number of hydrogen-bond donors (Lipinski definition) is 1. The minimum atomic E-state index is -4.38. The van der Waals surface area contributed by atoms with E-state index in [0.29, 0.717) is 23.9 Å². The van der Waals surface area contributed by atoms with Gasteiger partial charge in [-0.15, -0.1) is 0 Å². The van der Waals surface area contributed by atoms with Crippen LogP contribution in [-0.4, -0.2) is 74.9 Å². The zero-order valence-electron chi connectivity index (χ0n) is 38.5. The van der Waals surface area contributed by atoms with Crippen molar-refractivity contribution in [2.24, 2.45) is 0 Å². The van der Waals surface area contributed by atoms with Crippen LogP contribution in [0.4, 0.5) is 0 Å². The Kier molecular flexibility index (Phi) is 39.8. The van der Waals surface area contributed by atoms with Gasteiger partial charge in [0.15, 0.2) is 6.10 Å². The van der Waals surface area contributed by atoms with Crippen LogP contribution in [-0.2, 0) is 32.7 Å². The molecule has 0 bridgehead atoms. The maximum absolute atomic E-state index is 12.7. The quantitative estimate of drug-likeness (QED) is 0.0212. The topological polar surface area (TPSA) is 108 Å². The average Bonchev–Trinajstić information content (AvgIpc) is 3.17. The van der Waals surface area contributed by atoms with Gasteiger partial charge in [0.25, 0.3) is 0 Å². The number of nitrogens with zero attached hydrogens (tertiary/aromatic N) is 1. The largest absolute Gasteiger partial charge is 0.472 e. The molecule has 0 aliphatic rings. The Morgan fingerprint density at radius 1 is 0.534 bits per heavy atom. The molecule has 0 saturated heterocycles. The Hall–Kier alpha value is -1.51. The molecule has 0 aromatic rings. The highest BCUT2D eigenvalue weighted by atomic mass is 31.2. The summed E-state index contributed by atoms with van der Waals surface area (Å²) in [6.45, 7) is 4.43. The molecule has 0 radical (unpaired) electrons. The second kappa shape index (κ2) is 40.9. The number of rotatable bonds is 44. The normalized spacial score (nSPS) is 13.7. The molecule has 1 N–H and O–H groups in total. The molecule has 2 atom stereocenters. The molecule has 0 heterocycles. The van der Waals surface area contributed by atoms with E-state index in [4.69, 9.17) is 18.5 Å². The van der Waals surface area contributed by atoms with Crippen LogP contribution in [0.5, 0.6) is 0 Å². The van der Waals surface area contributed by atoms with Gasteiger partial charge in [-0.25, -0.2) is 4.57 Å². The van der Waals surface area contributed by atoms with E-state index in [2.05, 4.69) is 38.2 Å². The van der Waals surface area contributed by atoms with E-state index in [1.807, 2.05) is 21.1 Å². The Bertz CT molecular complexity index is 1040. The molecule has 2 unspecified atom stereocenters. The summed E-state index contributed by atoms with van der Waals surface area (Å²) < 4.78 is 34.4. The van der Waals surface area contributed by atoms with Crippen LogP contribution >= 0.6 is 7.82 Å². The fourth-order valence-electron chi connectivity index (χ4n) is 6.69. The van der Waals surface area contributed by atoms with E-state index in [1.54, 1.807) is 0 Å². The number of allylic oxidation sites excluding steroid dienone is 4. The molecule has 58 heavy (non-hydrogen) atoms. The molecule has 0 spiro atoms. The van der Waals surface area contributed by atoms with Crippen LogP contribution in [0.25, 0.3) is 0 Å². The van der Waals surface area contributed by atoms with E-state index in [9.17, 15) is 19.0 Å². The van der Waals surface area contributed by atoms with Gasteiger partial charge in [-0.1, -0.05) is 186 Å². The lowest BCUT2D eigenvalue weighted by atomic mass is 10.0. The van der Waals surface area contributed by atoms with Gasteiger partial charge in [-0.2, -0.15) is 0 Å². The van der Waals surface area contributed by atoms with Crippen LogP contribution in [0.1, 0.15) is 219 Å². The molecule has 0 saturated carbocycles. The molecule has 9 nitrogen and oxygen atoms in total. The fourth-order valence-corrected chi connectivity index (χ4v) is 7.43. The predicted octanol–water partition coefficient (Wildman–Crippen LogP) is 13.9. The van der Waals surface area contributed by atoms with Crippen LogP contribution < -0.4 is 0 Å². The standard InChI is InChI=1S/C48H92NO8P/c1-6-8-10-12-14-16-18-20-22-24-25-27-29-31-33-35-37-39-41-48(51)57-46(45-56-58(52,53)55-43-42-49(3,4)5)44-54-47(50)40-38-36-34-32-30-28-26-23-21-19-17-15-13-11-9-7-2/h16,18,22,24,46H,6-15,17,19-21,23,25-45H2,1-5H3/p+1/b18-16-,24-22-. The van der Waals surface area contributed by atoms with Crippen molar-refractivity contribution in [1.29, 1.82) is 0 Å². The highest BCUT2D eigenvalue weighted by Gasteiger charge is 2.27. The summed E-state index contributed by atoms with van der Waals surface area (Å²) in [5.74, 6) is -0.797. The second-order valence-electron chi connectivity index (χ2n) is 17.5. The van der Waals surface area contributed by atoms with Crippen molar-refractivity contribution < 1.29 is 42.1 Å². The van der Waals surface area contributed by atoms with E-state index >= 15 is 0 Å². The number of quaternary nitrogens is 1. The van der Waals surface area contributed by atoms with E-state index in [1.165, 1.54) is 135 Å². The number of unbranched alkanes of at least 4 members (excludes halogenated alkanes) is 26. The third-order valence-electron chi connectivity index (χ3n) is 10.5. The van der Waals surface area contributed by atoms with E-state index < -0.39 is 26.5 Å². The number of phosphoric ester groups is 1. The highest BCUT2D eigenvalue weighted by Crippen LogP contribution is 2.43. The summed E-state index contributed by atoms with van der Waals surface area (Å²) in [6, 6.07) is 0. The smallest absolute Gasteiger partial charge is 0.462 e. The number of ether oxygens (including phenoxy) is 2. The lowest BCUT2D eigenvalue weighted by molar-refractivity contribution is -0.870. The first-order valence-corrected chi connectivity index (χ1v) is 25.6. The first-order valence-electron chi connectivity index (χ1n) is 24.1. The van der Waals surface area contributed by atoms with Crippen molar-refractivity contribution >= 4 is 19.8 Å². The lowest BCUT2D eigenvalue weighted by Crippen LogP contribution is -2.37. The molecule has 0 aliphatic heterocycles. The van der Waals surface area contributed by atoms with Gasteiger partial charge in [0, 0.05) is 12.8 Å². The van der Waals surface area contributed by atoms with Crippen molar-refractivity contribution in [2.75, 3.05) is 47.5 Å². The third kappa shape index (κ3) is 44.1. The van der Waals surface area contributed by atoms with Crippen LogP contribution in [0.15, 0.2) is 24.3 Å². The van der Waals surface area contributed by atoms with Crippen molar-refractivity contribution in [2.45, 2.75) is 225 Å². The van der Waals surface area contributed by atoms with Crippen molar-refractivity contribution in [3.8, 4) is 0 Å². The van der Waals surface area contributed by atoms with Gasteiger partial charge in [-0.3, -0.25) is 18.6 Å². The monoisotopic (exact) mass is 843 g/mol. The Morgan fingerprint density at radius 2 is 0.931 bits per heavy atom. The van der Waals surface area contributed by atoms with Gasteiger partial charge in [0.1, 0.15) is 19.8 Å². The van der Waals surface area contributed by atoms with E-state index in [-0.39, 0.29) is 25.6 Å². The number of carbonyl (C=O) groups excluding carboxylic acids is 2. The molecule has 10 heteroatoms. The summed E-state index contributed by atoms with van der Waals surface area (Å²) in [6.07, 6.45) is 45.0. The molecule has 342 valence electrons. The summed E-state index contributed by atoms with van der Waals surface area (Å²) in [7, 11) is 1.48. The SMILES string of the molecule is CCCCCC/C=C\C/C=C\CCCCCCCCCC(=O)OC(COC(=O)CCCCCCCCCCCCCCCCCC)COP(=O)(O)OCC[N+](C)(C)C. The molecular formula is C48H93NO8P+. The zero-order chi connectivity index (χ0) is 42.8. The van der Waals surface area contributed by atoms with Crippen molar-refractivity contribution in [3.05, 3.63) is 24.3 Å². The summed E-state index contributed by atoms with van der Waals surface area (Å²) >= 11 is 0.